The predicted molar refractivity (Wildman–Crippen MR) is 124 cm³/mol. The Labute approximate surface area is 181 Å². The Kier molecular flexibility index (Phi) is 10.1. The molecule has 1 aliphatic rings. The van der Waals surface area contributed by atoms with E-state index in [2.05, 4.69) is 66.0 Å². The van der Waals surface area contributed by atoms with Crippen molar-refractivity contribution in [2.24, 2.45) is 4.99 Å². The van der Waals surface area contributed by atoms with Crippen LogP contribution in [0.2, 0.25) is 0 Å². The first kappa shape index (κ1) is 23.7. The number of nitrogens with zero attached hydrogens (tertiary/aromatic N) is 1. The third-order valence-corrected chi connectivity index (χ3v) is 4.88. The van der Waals surface area contributed by atoms with E-state index in [1.807, 2.05) is 0 Å². The van der Waals surface area contributed by atoms with Gasteiger partial charge in [0.1, 0.15) is 0 Å². The minimum absolute atomic E-state index is 0. The minimum Gasteiger partial charge on any atom is -0.356 e. The standard InChI is InChI=1S/C21H34N4O.HI/c1-5-16-8-10-17(11-9-16)21(2,3)15-24-20(22-4)23-14-6-7-19(26)25-18-12-13-18;/h8-11,18H,5-7,12-15H2,1-4H3,(H,25,26)(H2,22,23,24);1H. The first-order chi connectivity index (χ1) is 12.4. The second kappa shape index (κ2) is 11.5. The van der Waals surface area contributed by atoms with Gasteiger partial charge >= 0.3 is 0 Å². The summed E-state index contributed by atoms with van der Waals surface area (Å²) in [6.07, 6.45) is 4.71. The van der Waals surface area contributed by atoms with Gasteiger partial charge in [-0.2, -0.15) is 0 Å². The zero-order chi connectivity index (χ0) is 19.0. The quantitative estimate of drug-likeness (QED) is 0.217. The number of amides is 1. The van der Waals surface area contributed by atoms with Crippen LogP contribution in [0, 0.1) is 0 Å². The SMILES string of the molecule is CCc1ccc(C(C)(C)CNC(=NC)NCCCC(=O)NC2CC2)cc1.I. The molecule has 2 rings (SSSR count). The summed E-state index contributed by atoms with van der Waals surface area (Å²) in [4.78, 5) is 16.0. The molecule has 1 aromatic rings. The van der Waals surface area contributed by atoms with Gasteiger partial charge in [0.05, 0.1) is 0 Å². The molecule has 0 heterocycles. The van der Waals surface area contributed by atoms with E-state index in [1.54, 1.807) is 7.05 Å². The number of rotatable bonds is 9. The van der Waals surface area contributed by atoms with Crippen molar-refractivity contribution >= 4 is 35.8 Å². The monoisotopic (exact) mass is 486 g/mol. The van der Waals surface area contributed by atoms with E-state index in [1.165, 1.54) is 11.1 Å². The Balaban J connectivity index is 0.00000364. The summed E-state index contributed by atoms with van der Waals surface area (Å²) in [5.41, 5.74) is 2.68. The number of carbonyl (C=O) groups excluding carboxylic acids is 1. The van der Waals surface area contributed by atoms with Crippen LogP contribution in [0.25, 0.3) is 0 Å². The highest BCUT2D eigenvalue weighted by Crippen LogP contribution is 2.22. The lowest BCUT2D eigenvalue weighted by Crippen LogP contribution is -2.43. The largest absolute Gasteiger partial charge is 0.356 e. The average molecular weight is 486 g/mol. The molecule has 0 aromatic heterocycles. The summed E-state index contributed by atoms with van der Waals surface area (Å²) in [6, 6.07) is 9.29. The van der Waals surface area contributed by atoms with Crippen LogP contribution in [-0.4, -0.2) is 38.0 Å². The van der Waals surface area contributed by atoms with E-state index >= 15 is 0 Å². The van der Waals surface area contributed by atoms with Crippen LogP contribution < -0.4 is 16.0 Å². The molecule has 0 radical (unpaired) electrons. The van der Waals surface area contributed by atoms with Crippen molar-refractivity contribution in [3.05, 3.63) is 35.4 Å². The molecule has 0 aliphatic heterocycles. The topological polar surface area (TPSA) is 65.5 Å². The first-order valence-corrected chi connectivity index (χ1v) is 9.78. The van der Waals surface area contributed by atoms with Crippen LogP contribution in [0.15, 0.2) is 29.3 Å². The van der Waals surface area contributed by atoms with Crippen LogP contribution in [0.3, 0.4) is 0 Å². The molecule has 1 amide bonds. The molecular weight excluding hydrogens is 451 g/mol. The Morgan fingerprint density at radius 3 is 2.41 bits per heavy atom. The van der Waals surface area contributed by atoms with Crippen LogP contribution in [0.1, 0.15) is 57.6 Å². The van der Waals surface area contributed by atoms with E-state index in [0.717, 1.165) is 44.7 Å². The fourth-order valence-electron chi connectivity index (χ4n) is 2.80. The van der Waals surface area contributed by atoms with Crippen LogP contribution in [0.4, 0.5) is 0 Å². The molecule has 27 heavy (non-hydrogen) atoms. The maximum atomic E-state index is 11.7. The molecule has 0 bridgehead atoms. The van der Waals surface area contributed by atoms with Gasteiger partial charge in [0.2, 0.25) is 5.91 Å². The number of aliphatic imine (C=N–C) groups is 1. The molecule has 3 N–H and O–H groups in total. The maximum Gasteiger partial charge on any atom is 0.220 e. The minimum atomic E-state index is 0. The van der Waals surface area contributed by atoms with E-state index < -0.39 is 0 Å². The Morgan fingerprint density at radius 1 is 1.19 bits per heavy atom. The van der Waals surface area contributed by atoms with Crippen molar-refractivity contribution in [1.29, 1.82) is 0 Å². The first-order valence-electron chi connectivity index (χ1n) is 9.78. The number of nitrogens with one attached hydrogen (secondary N) is 3. The molecule has 0 unspecified atom stereocenters. The normalized spacial score (nSPS) is 14.3. The second-order valence-electron chi connectivity index (χ2n) is 7.73. The lowest BCUT2D eigenvalue weighted by Gasteiger charge is -2.27. The van der Waals surface area contributed by atoms with Crippen molar-refractivity contribution in [2.75, 3.05) is 20.1 Å². The zero-order valence-corrected chi connectivity index (χ0v) is 19.4. The van der Waals surface area contributed by atoms with E-state index in [0.29, 0.717) is 12.5 Å². The van der Waals surface area contributed by atoms with Crippen molar-refractivity contribution in [3.8, 4) is 0 Å². The second-order valence-corrected chi connectivity index (χ2v) is 7.73. The highest BCUT2D eigenvalue weighted by Gasteiger charge is 2.23. The molecular formula is C21H35IN4O. The van der Waals surface area contributed by atoms with Gasteiger partial charge in [-0.3, -0.25) is 9.79 Å². The number of carbonyl (C=O) groups is 1. The highest BCUT2D eigenvalue weighted by atomic mass is 127. The van der Waals surface area contributed by atoms with Gasteiger partial charge in [0.25, 0.3) is 0 Å². The van der Waals surface area contributed by atoms with Crippen molar-refractivity contribution in [1.82, 2.24) is 16.0 Å². The molecule has 0 atom stereocenters. The average Bonchev–Trinajstić information content (AvgIpc) is 3.45. The summed E-state index contributed by atoms with van der Waals surface area (Å²) >= 11 is 0. The van der Waals surface area contributed by atoms with Crippen LogP contribution in [0.5, 0.6) is 0 Å². The molecule has 6 heteroatoms. The van der Waals surface area contributed by atoms with E-state index in [9.17, 15) is 4.79 Å². The fraction of sp³-hybridized carbons (Fsp3) is 0.619. The third-order valence-electron chi connectivity index (χ3n) is 4.88. The van der Waals surface area contributed by atoms with Gasteiger partial charge < -0.3 is 16.0 Å². The molecule has 1 aliphatic carbocycles. The number of hydrogen-bond donors (Lipinski definition) is 3. The van der Waals surface area contributed by atoms with Gasteiger partial charge in [0.15, 0.2) is 5.96 Å². The van der Waals surface area contributed by atoms with E-state index in [-0.39, 0.29) is 35.3 Å². The molecule has 0 spiro atoms. The van der Waals surface area contributed by atoms with Gasteiger partial charge in [-0.15, -0.1) is 24.0 Å². The van der Waals surface area contributed by atoms with Gasteiger partial charge in [0, 0.05) is 38.0 Å². The Bertz CT molecular complexity index is 609. The van der Waals surface area contributed by atoms with Gasteiger partial charge in [-0.25, -0.2) is 0 Å². The molecule has 1 fully saturated rings. The third kappa shape index (κ3) is 8.49. The predicted octanol–water partition coefficient (Wildman–Crippen LogP) is 3.37. The van der Waals surface area contributed by atoms with Gasteiger partial charge in [-0.1, -0.05) is 45.0 Å². The molecule has 5 nitrogen and oxygen atoms in total. The number of hydrogen-bond acceptors (Lipinski definition) is 2. The van der Waals surface area contributed by atoms with Crippen LogP contribution in [-0.2, 0) is 16.6 Å². The molecule has 1 saturated carbocycles. The summed E-state index contributed by atoms with van der Waals surface area (Å²) in [5.74, 6) is 0.944. The summed E-state index contributed by atoms with van der Waals surface area (Å²) in [5, 5.41) is 9.72. The van der Waals surface area contributed by atoms with Crippen molar-refractivity contribution < 1.29 is 4.79 Å². The van der Waals surface area contributed by atoms with Crippen LogP contribution >= 0.6 is 24.0 Å². The molecule has 1 aromatic carbocycles. The Hall–Kier alpha value is -1.31. The molecule has 0 saturated heterocycles. The number of halogens is 1. The number of aryl methyl sites for hydroxylation is 1. The number of benzene rings is 1. The summed E-state index contributed by atoms with van der Waals surface area (Å²) in [7, 11) is 1.78. The smallest absolute Gasteiger partial charge is 0.220 e. The van der Waals surface area contributed by atoms with Gasteiger partial charge in [-0.05, 0) is 36.8 Å². The lowest BCUT2D eigenvalue weighted by atomic mass is 9.84. The zero-order valence-electron chi connectivity index (χ0n) is 17.1. The van der Waals surface area contributed by atoms with E-state index in [4.69, 9.17) is 0 Å². The summed E-state index contributed by atoms with van der Waals surface area (Å²) in [6.45, 7) is 8.17. The van der Waals surface area contributed by atoms with Crippen molar-refractivity contribution in [3.63, 3.8) is 0 Å². The van der Waals surface area contributed by atoms with Crippen molar-refractivity contribution in [2.45, 2.75) is 64.3 Å². The lowest BCUT2D eigenvalue weighted by molar-refractivity contribution is -0.121. The maximum absolute atomic E-state index is 11.7. The number of guanidine groups is 1. The Morgan fingerprint density at radius 2 is 1.85 bits per heavy atom. The highest BCUT2D eigenvalue weighted by molar-refractivity contribution is 14.0. The fourth-order valence-corrected chi connectivity index (χ4v) is 2.80. The summed E-state index contributed by atoms with van der Waals surface area (Å²) < 4.78 is 0. The molecule has 152 valence electrons.